The van der Waals surface area contributed by atoms with Crippen molar-refractivity contribution in [1.82, 2.24) is 14.9 Å². The van der Waals surface area contributed by atoms with Gasteiger partial charge in [0.05, 0.1) is 6.26 Å². The molecule has 2 heterocycles. The molecule has 0 aliphatic carbocycles. The normalized spacial score (nSPS) is 12.8. The molecule has 18 heavy (non-hydrogen) atoms. The maximum Gasteiger partial charge on any atom is 0.109 e. The van der Waals surface area contributed by atoms with Gasteiger partial charge in [0, 0.05) is 44.9 Å². The molecular formula is C14H21N3O. The van der Waals surface area contributed by atoms with Gasteiger partial charge in [0.2, 0.25) is 0 Å². The van der Waals surface area contributed by atoms with E-state index in [4.69, 9.17) is 4.42 Å². The fourth-order valence-corrected chi connectivity index (χ4v) is 1.98. The summed E-state index contributed by atoms with van der Waals surface area (Å²) in [5.74, 6) is 2.19. The molecule has 4 heteroatoms. The van der Waals surface area contributed by atoms with Gasteiger partial charge in [-0.25, -0.2) is 4.98 Å². The number of aryl methyl sites for hydroxylation is 2. The number of hydrogen-bond donors (Lipinski definition) is 1. The van der Waals surface area contributed by atoms with E-state index >= 15 is 0 Å². The summed E-state index contributed by atoms with van der Waals surface area (Å²) in [7, 11) is 2.03. The largest absolute Gasteiger partial charge is 0.469 e. The van der Waals surface area contributed by atoms with Crippen molar-refractivity contribution >= 4 is 0 Å². The van der Waals surface area contributed by atoms with Crippen molar-refractivity contribution in [3.8, 4) is 0 Å². The van der Waals surface area contributed by atoms with E-state index in [0.29, 0.717) is 6.04 Å². The molecule has 0 aliphatic rings. The van der Waals surface area contributed by atoms with Gasteiger partial charge in [-0.2, -0.15) is 0 Å². The van der Waals surface area contributed by atoms with Crippen molar-refractivity contribution in [2.24, 2.45) is 7.05 Å². The fraction of sp³-hybridized carbons (Fsp3) is 0.500. The highest BCUT2D eigenvalue weighted by molar-refractivity contribution is 4.98. The first-order valence-corrected chi connectivity index (χ1v) is 6.47. The molecule has 98 valence electrons. The smallest absolute Gasteiger partial charge is 0.109 e. The molecule has 0 aliphatic heterocycles. The summed E-state index contributed by atoms with van der Waals surface area (Å²) < 4.78 is 7.39. The summed E-state index contributed by atoms with van der Waals surface area (Å²) in [5, 5.41) is 3.52. The Labute approximate surface area is 108 Å². The second-order valence-electron chi connectivity index (χ2n) is 4.68. The van der Waals surface area contributed by atoms with Gasteiger partial charge in [0.1, 0.15) is 11.6 Å². The molecule has 0 bridgehead atoms. The van der Waals surface area contributed by atoms with E-state index < -0.39 is 0 Å². The van der Waals surface area contributed by atoms with Crippen LogP contribution in [0.4, 0.5) is 0 Å². The third-order valence-electron chi connectivity index (χ3n) is 3.17. The van der Waals surface area contributed by atoms with Crippen molar-refractivity contribution in [1.29, 1.82) is 0 Å². The van der Waals surface area contributed by atoms with Crippen LogP contribution in [0.25, 0.3) is 0 Å². The topological polar surface area (TPSA) is 43.0 Å². The Balaban J connectivity index is 1.63. The molecule has 1 atom stereocenters. The molecular weight excluding hydrogens is 226 g/mol. The molecule has 0 spiro atoms. The summed E-state index contributed by atoms with van der Waals surface area (Å²) in [6, 6.07) is 4.46. The molecule has 2 aromatic heterocycles. The molecule has 0 radical (unpaired) electrons. The number of nitrogens with one attached hydrogen (secondary N) is 1. The van der Waals surface area contributed by atoms with E-state index in [2.05, 4.69) is 21.8 Å². The van der Waals surface area contributed by atoms with Gasteiger partial charge in [0.25, 0.3) is 0 Å². The van der Waals surface area contributed by atoms with E-state index in [1.807, 2.05) is 31.6 Å². The number of hydrogen-bond acceptors (Lipinski definition) is 3. The first-order valence-electron chi connectivity index (χ1n) is 6.47. The molecule has 0 saturated carbocycles. The van der Waals surface area contributed by atoms with Gasteiger partial charge < -0.3 is 14.3 Å². The van der Waals surface area contributed by atoms with Gasteiger partial charge in [-0.15, -0.1) is 0 Å². The Kier molecular flexibility index (Phi) is 4.59. The number of furan rings is 1. The second kappa shape index (κ2) is 6.40. The van der Waals surface area contributed by atoms with Crippen LogP contribution < -0.4 is 5.32 Å². The predicted molar refractivity (Wildman–Crippen MR) is 71.4 cm³/mol. The van der Waals surface area contributed by atoms with Crippen molar-refractivity contribution in [3.05, 3.63) is 42.4 Å². The van der Waals surface area contributed by atoms with Gasteiger partial charge in [-0.3, -0.25) is 0 Å². The molecule has 4 nitrogen and oxygen atoms in total. The van der Waals surface area contributed by atoms with Gasteiger partial charge in [0.15, 0.2) is 0 Å². The average molecular weight is 247 g/mol. The minimum absolute atomic E-state index is 0.496. The van der Waals surface area contributed by atoms with E-state index in [1.54, 1.807) is 6.26 Å². The van der Waals surface area contributed by atoms with Crippen molar-refractivity contribution in [2.45, 2.75) is 32.2 Å². The van der Waals surface area contributed by atoms with Gasteiger partial charge in [-0.1, -0.05) is 0 Å². The Hall–Kier alpha value is -1.55. The van der Waals surface area contributed by atoms with Crippen LogP contribution in [0.3, 0.4) is 0 Å². The van der Waals surface area contributed by atoms with E-state index in [1.165, 1.54) is 0 Å². The summed E-state index contributed by atoms with van der Waals surface area (Å²) in [6.07, 6.45) is 8.60. The van der Waals surface area contributed by atoms with Crippen LogP contribution >= 0.6 is 0 Å². The Morgan fingerprint density at radius 3 is 3.00 bits per heavy atom. The minimum atomic E-state index is 0.496. The molecule has 1 unspecified atom stereocenters. The predicted octanol–water partition coefficient (Wildman–Crippen LogP) is 2.17. The number of aromatic nitrogens is 2. The third kappa shape index (κ3) is 3.74. The lowest BCUT2D eigenvalue weighted by atomic mass is 10.1. The quantitative estimate of drug-likeness (QED) is 0.815. The monoisotopic (exact) mass is 247 g/mol. The average Bonchev–Trinajstić information content (AvgIpc) is 2.99. The molecule has 0 saturated heterocycles. The van der Waals surface area contributed by atoms with Gasteiger partial charge in [-0.05, 0) is 25.5 Å². The lowest BCUT2D eigenvalue weighted by Gasteiger charge is -2.12. The molecule has 0 amide bonds. The van der Waals surface area contributed by atoms with Crippen LogP contribution in [0, 0.1) is 0 Å². The summed E-state index contributed by atoms with van der Waals surface area (Å²) >= 11 is 0. The maximum atomic E-state index is 5.32. The highest BCUT2D eigenvalue weighted by Crippen LogP contribution is 2.05. The van der Waals surface area contributed by atoms with Crippen LogP contribution in [0.2, 0.25) is 0 Å². The SMILES string of the molecule is CC(CCc1ccco1)NCCc1nccn1C. The summed E-state index contributed by atoms with van der Waals surface area (Å²) in [5.41, 5.74) is 0. The standard InChI is InChI=1S/C14H21N3O/c1-12(5-6-13-4-3-11-18-13)15-8-7-14-16-9-10-17(14)2/h3-4,9-12,15H,5-8H2,1-2H3. The second-order valence-corrected chi connectivity index (χ2v) is 4.68. The molecule has 0 fully saturated rings. The summed E-state index contributed by atoms with van der Waals surface area (Å²) in [4.78, 5) is 4.31. The Morgan fingerprint density at radius 1 is 1.44 bits per heavy atom. The zero-order valence-electron chi connectivity index (χ0n) is 11.1. The first-order chi connectivity index (χ1) is 8.75. The number of imidazole rings is 1. The minimum Gasteiger partial charge on any atom is -0.469 e. The lowest BCUT2D eigenvalue weighted by Crippen LogP contribution is -2.29. The molecule has 2 aromatic rings. The number of rotatable bonds is 7. The van der Waals surface area contributed by atoms with Crippen LogP contribution in [0.1, 0.15) is 24.9 Å². The zero-order valence-corrected chi connectivity index (χ0v) is 11.1. The van der Waals surface area contributed by atoms with Crippen molar-refractivity contribution < 1.29 is 4.42 Å². The third-order valence-corrected chi connectivity index (χ3v) is 3.17. The number of nitrogens with zero attached hydrogens (tertiary/aromatic N) is 2. The molecule has 0 aromatic carbocycles. The van der Waals surface area contributed by atoms with Crippen LogP contribution in [-0.4, -0.2) is 22.1 Å². The van der Waals surface area contributed by atoms with E-state index in [-0.39, 0.29) is 0 Å². The summed E-state index contributed by atoms with van der Waals surface area (Å²) in [6.45, 7) is 3.17. The highest BCUT2D eigenvalue weighted by atomic mass is 16.3. The van der Waals surface area contributed by atoms with E-state index in [9.17, 15) is 0 Å². The highest BCUT2D eigenvalue weighted by Gasteiger charge is 2.04. The van der Waals surface area contributed by atoms with Crippen molar-refractivity contribution in [2.75, 3.05) is 6.54 Å². The lowest BCUT2D eigenvalue weighted by molar-refractivity contribution is 0.460. The zero-order chi connectivity index (χ0) is 12.8. The van der Waals surface area contributed by atoms with Gasteiger partial charge >= 0.3 is 0 Å². The molecule has 2 rings (SSSR count). The van der Waals surface area contributed by atoms with Crippen LogP contribution in [0.15, 0.2) is 35.2 Å². The van der Waals surface area contributed by atoms with Crippen LogP contribution in [-0.2, 0) is 19.9 Å². The van der Waals surface area contributed by atoms with Crippen LogP contribution in [0.5, 0.6) is 0 Å². The fourth-order valence-electron chi connectivity index (χ4n) is 1.98. The maximum absolute atomic E-state index is 5.32. The van der Waals surface area contributed by atoms with E-state index in [0.717, 1.165) is 37.4 Å². The van der Waals surface area contributed by atoms with Crippen molar-refractivity contribution in [3.63, 3.8) is 0 Å². The Morgan fingerprint density at radius 2 is 2.33 bits per heavy atom. The Bertz CT molecular complexity index is 447. The molecule has 1 N–H and O–H groups in total. The first kappa shape index (κ1) is 12.9.